The molecule has 9 rings (SSSR count). The maximum absolute atomic E-state index is 12.5. The summed E-state index contributed by atoms with van der Waals surface area (Å²) < 4.78 is 10.0. The number of rotatable bonds is 23. The Morgan fingerprint density at radius 2 is 1.22 bits per heavy atom. The van der Waals surface area contributed by atoms with Crippen molar-refractivity contribution < 1.29 is 29.2 Å². The molecule has 7 aromatic heterocycles. The number of aromatic nitrogens is 11. The molecule has 1 radical (unpaired) electrons. The zero-order valence-electron chi connectivity index (χ0n) is 45.6. The monoisotopic (exact) mass is 1200 g/mol. The van der Waals surface area contributed by atoms with Crippen LogP contribution in [0.3, 0.4) is 0 Å². The summed E-state index contributed by atoms with van der Waals surface area (Å²) in [5.74, 6) is 5.19. The zero-order chi connectivity index (χ0) is 52.8. The molecule has 0 aliphatic carbocycles. The minimum Gasteiger partial charge on any atom is -0.665 e. The summed E-state index contributed by atoms with van der Waals surface area (Å²) in [4.78, 5) is 40.5. The first-order valence-corrected chi connectivity index (χ1v) is 26.7. The molecule has 0 saturated carbocycles. The molecule has 0 fully saturated rings. The van der Waals surface area contributed by atoms with Crippen molar-refractivity contribution in [3.8, 4) is 23.3 Å². The van der Waals surface area contributed by atoms with Crippen LogP contribution in [0.1, 0.15) is 130 Å². The number of pyridine rings is 3. The average Bonchev–Trinajstić information content (AvgIpc) is 4.31. The summed E-state index contributed by atoms with van der Waals surface area (Å²) in [6.07, 6.45) is 37.2. The summed E-state index contributed by atoms with van der Waals surface area (Å²) in [6, 6.07) is 26.0. The number of aryl methyl sites for hydroxylation is 6. The van der Waals surface area contributed by atoms with Crippen LogP contribution in [-0.4, -0.2) is 72.1 Å². The van der Waals surface area contributed by atoms with Gasteiger partial charge >= 0.3 is 19.8 Å². The van der Waals surface area contributed by atoms with Crippen LogP contribution in [0.4, 0.5) is 0 Å². The number of hydrogen-bond acceptors (Lipinski definition) is 8. The first-order chi connectivity index (χ1) is 36.6. The van der Waals surface area contributed by atoms with Gasteiger partial charge in [-0.2, -0.15) is 6.20 Å². The van der Waals surface area contributed by atoms with E-state index in [9.17, 15) is 4.79 Å². The SMILES string of the molecule is CCC(CC(CC(C)c1ccccc1)c1ccncc1)c1cc[n+](CCCCC(=O)NCCCCCCN2C=C[N-]C2c2cccc(C)n2)cc1.Cn1ccnc1-c1nccn1C.Cn1ccnc1-c1nccn1C.[Os+]. The minimum atomic E-state index is -0.00320. The van der Waals surface area contributed by atoms with Gasteiger partial charge in [0.05, 0.1) is 0 Å². The summed E-state index contributed by atoms with van der Waals surface area (Å²) in [5, 5.41) is 7.73. The molecule has 8 heterocycles. The Morgan fingerprint density at radius 1 is 0.645 bits per heavy atom. The average molecular weight is 1200 g/mol. The smallest absolute Gasteiger partial charge is 0.665 e. The summed E-state index contributed by atoms with van der Waals surface area (Å²) in [7, 11) is 7.82. The second-order valence-electron chi connectivity index (χ2n) is 19.7. The number of nitrogens with zero attached hydrogens (tertiary/aromatic N) is 13. The van der Waals surface area contributed by atoms with Crippen LogP contribution in [0.5, 0.6) is 0 Å². The number of benzene rings is 1. The van der Waals surface area contributed by atoms with Gasteiger partial charge in [-0.05, 0) is 110 Å². The fraction of sp³-hybridized carbons (Fsp3) is 0.400. The fourth-order valence-electron chi connectivity index (χ4n) is 9.64. The zero-order valence-corrected chi connectivity index (χ0v) is 48.1. The molecule has 15 nitrogen and oxygen atoms in total. The first kappa shape index (κ1) is 58.2. The maximum Gasteiger partial charge on any atom is 1.00 e. The molecule has 1 N–H and O–H groups in total. The minimum absolute atomic E-state index is 0. The fourth-order valence-corrected chi connectivity index (χ4v) is 9.64. The van der Waals surface area contributed by atoms with Crippen LogP contribution in [0.25, 0.3) is 28.6 Å². The molecule has 1 aliphatic heterocycles. The van der Waals surface area contributed by atoms with Crippen LogP contribution < -0.4 is 9.88 Å². The number of hydrogen-bond donors (Lipinski definition) is 1. The van der Waals surface area contributed by atoms with Crippen molar-refractivity contribution in [3.05, 3.63) is 193 Å². The second-order valence-corrected chi connectivity index (χ2v) is 19.7. The summed E-state index contributed by atoms with van der Waals surface area (Å²) in [5.41, 5.74) is 6.23. The Hall–Kier alpha value is -7.04. The maximum atomic E-state index is 12.5. The molecule has 8 aromatic rings. The van der Waals surface area contributed by atoms with Crippen molar-refractivity contribution in [1.29, 1.82) is 0 Å². The van der Waals surface area contributed by atoms with Gasteiger partial charge in [-0.3, -0.25) is 14.8 Å². The standard InChI is InChI=1S/C44H58N6O.2C8H10N4.Os/c1-4-37(34-41(39-20-25-45-26-21-39)33-35(2)38-16-8-7-9-17-38)40-22-30-49(31-23-40)28-13-10-19-43(51)46-24-11-5-6-12-29-50-32-27-47-44(50)42-18-14-15-36(3)48-42;2*1-11-5-3-9-7(11)8-10-4-6-12(8)2;/h7-9,14-18,20-23,25-27,30-32,35,37,41,44H,4-6,10-13,19,24,28-29,33-34H2,1-3H3,(H,46,51);2*3-6H,1-2H3;/q;;;+1. The summed E-state index contributed by atoms with van der Waals surface area (Å²) in [6.45, 7) is 9.34. The molecular formula is C60H78N14OOs+. The van der Waals surface area contributed by atoms with Gasteiger partial charge in [-0.1, -0.05) is 63.1 Å². The number of nitrogens with one attached hydrogen (secondary N) is 1. The van der Waals surface area contributed by atoms with Gasteiger partial charge in [0.15, 0.2) is 35.7 Å². The van der Waals surface area contributed by atoms with E-state index < -0.39 is 0 Å². The van der Waals surface area contributed by atoms with Gasteiger partial charge in [0, 0.05) is 146 Å². The Kier molecular flexibility index (Phi) is 23.4. The number of amides is 1. The van der Waals surface area contributed by atoms with E-state index in [0.717, 1.165) is 112 Å². The molecule has 0 bridgehead atoms. The summed E-state index contributed by atoms with van der Waals surface area (Å²) >= 11 is 0. The third kappa shape index (κ3) is 17.2. The van der Waals surface area contributed by atoms with Crippen molar-refractivity contribution in [2.75, 3.05) is 13.1 Å². The van der Waals surface area contributed by atoms with Gasteiger partial charge in [0.1, 0.15) is 6.54 Å². The van der Waals surface area contributed by atoms with Crippen molar-refractivity contribution in [1.82, 2.24) is 58.4 Å². The van der Waals surface area contributed by atoms with Crippen LogP contribution in [0, 0.1) is 6.92 Å². The Morgan fingerprint density at radius 3 is 1.78 bits per heavy atom. The van der Waals surface area contributed by atoms with Gasteiger partial charge in [0.2, 0.25) is 5.91 Å². The van der Waals surface area contributed by atoms with Gasteiger partial charge in [-0.25, -0.2) is 24.5 Å². The van der Waals surface area contributed by atoms with E-state index in [-0.39, 0.29) is 31.9 Å². The van der Waals surface area contributed by atoms with Crippen LogP contribution in [-0.2, 0) is 59.3 Å². The number of carbonyl (C=O) groups excluding carboxylic acids is 1. The van der Waals surface area contributed by atoms with E-state index in [0.29, 0.717) is 24.2 Å². The van der Waals surface area contributed by atoms with Gasteiger partial charge in [-0.15, -0.1) is 0 Å². The van der Waals surface area contributed by atoms with E-state index in [2.05, 4.69) is 143 Å². The Bertz CT molecular complexity index is 2770. The molecule has 76 heavy (non-hydrogen) atoms. The van der Waals surface area contributed by atoms with E-state index in [4.69, 9.17) is 0 Å². The number of carbonyl (C=O) groups is 1. The topological polar surface area (TPSA) is 147 Å². The van der Waals surface area contributed by atoms with Gasteiger partial charge in [0.25, 0.3) is 0 Å². The number of imidazole rings is 4. The van der Waals surface area contributed by atoms with Crippen molar-refractivity contribution >= 4 is 5.91 Å². The van der Waals surface area contributed by atoms with E-state index >= 15 is 0 Å². The molecule has 1 aromatic carbocycles. The van der Waals surface area contributed by atoms with E-state index in [1.165, 1.54) is 16.7 Å². The molecule has 401 valence electrons. The van der Waals surface area contributed by atoms with Crippen molar-refractivity contribution in [2.24, 2.45) is 28.2 Å². The molecular weight excluding hydrogens is 1120 g/mol. The predicted molar refractivity (Wildman–Crippen MR) is 298 cm³/mol. The van der Waals surface area contributed by atoms with Crippen LogP contribution in [0.15, 0.2) is 160 Å². The molecule has 1 amide bonds. The molecule has 16 heteroatoms. The molecule has 0 spiro atoms. The van der Waals surface area contributed by atoms with Crippen LogP contribution in [0.2, 0.25) is 0 Å². The third-order valence-electron chi connectivity index (χ3n) is 14.0. The second kappa shape index (κ2) is 30.5. The van der Waals surface area contributed by atoms with Crippen LogP contribution >= 0.6 is 0 Å². The quantitative estimate of drug-likeness (QED) is 0.0492. The largest absolute Gasteiger partial charge is 1.00 e. The van der Waals surface area contributed by atoms with Gasteiger partial charge < -0.3 is 33.8 Å². The van der Waals surface area contributed by atoms with Crippen molar-refractivity contribution in [2.45, 2.75) is 115 Å². The van der Waals surface area contributed by atoms with Crippen molar-refractivity contribution in [3.63, 3.8) is 0 Å². The first-order valence-electron chi connectivity index (χ1n) is 26.7. The normalized spacial score (nSPS) is 13.8. The predicted octanol–water partition coefficient (Wildman–Crippen LogP) is 11.3. The molecule has 4 unspecified atom stereocenters. The Balaban J connectivity index is 0.000000302. The molecule has 0 saturated heterocycles. The molecule has 4 atom stereocenters. The van der Waals surface area contributed by atoms with E-state index in [1.54, 1.807) is 24.8 Å². The number of unbranched alkanes of at least 4 members (excludes halogenated alkanes) is 4. The molecule has 1 aliphatic rings. The third-order valence-corrected chi connectivity index (χ3v) is 14.0. The van der Waals surface area contributed by atoms with E-state index in [1.807, 2.05) is 109 Å². The Labute approximate surface area is 464 Å².